The zero-order valence-corrected chi connectivity index (χ0v) is 14.9. The van der Waals surface area contributed by atoms with Crippen molar-refractivity contribution in [1.82, 2.24) is 9.88 Å². The standard InChI is InChI=1S/C17H17Cl2N3O2/c1-3-11-6-4-5-7-13(11)20-15(23)10-22(2)17(24)16-12(18)8-9-14(19)21-16/h4-9H,3,10H2,1-2H3,(H,20,23). The zero-order chi connectivity index (χ0) is 17.7. The minimum Gasteiger partial charge on any atom is -0.331 e. The van der Waals surface area contributed by atoms with Crippen molar-refractivity contribution in [2.45, 2.75) is 13.3 Å². The zero-order valence-electron chi connectivity index (χ0n) is 13.3. The fourth-order valence-corrected chi connectivity index (χ4v) is 2.51. The molecule has 126 valence electrons. The third kappa shape index (κ3) is 4.46. The van der Waals surface area contributed by atoms with Crippen molar-refractivity contribution in [3.05, 3.63) is 57.8 Å². The van der Waals surface area contributed by atoms with Gasteiger partial charge in [0.15, 0.2) is 0 Å². The number of anilines is 1. The molecule has 5 nitrogen and oxygen atoms in total. The number of hydrogen-bond donors (Lipinski definition) is 1. The van der Waals surface area contributed by atoms with Gasteiger partial charge in [-0.3, -0.25) is 9.59 Å². The summed E-state index contributed by atoms with van der Waals surface area (Å²) >= 11 is 11.8. The van der Waals surface area contributed by atoms with Crippen LogP contribution in [0.1, 0.15) is 23.0 Å². The van der Waals surface area contributed by atoms with Crippen LogP contribution in [0.25, 0.3) is 0 Å². The Balaban J connectivity index is 2.06. The van der Waals surface area contributed by atoms with Gasteiger partial charge in [0.1, 0.15) is 10.8 Å². The van der Waals surface area contributed by atoms with E-state index in [1.165, 1.54) is 24.1 Å². The van der Waals surface area contributed by atoms with Crippen molar-refractivity contribution in [2.24, 2.45) is 0 Å². The van der Waals surface area contributed by atoms with Crippen LogP contribution in [0.3, 0.4) is 0 Å². The first-order valence-electron chi connectivity index (χ1n) is 7.37. The van der Waals surface area contributed by atoms with Crippen LogP contribution in [0.2, 0.25) is 10.2 Å². The number of halogens is 2. The van der Waals surface area contributed by atoms with Crippen LogP contribution in [0, 0.1) is 0 Å². The van der Waals surface area contributed by atoms with E-state index in [0.717, 1.165) is 17.7 Å². The molecule has 0 radical (unpaired) electrons. The van der Waals surface area contributed by atoms with Gasteiger partial charge in [-0.25, -0.2) is 4.98 Å². The minimum atomic E-state index is -0.471. The molecular weight excluding hydrogens is 349 g/mol. The lowest BCUT2D eigenvalue weighted by molar-refractivity contribution is -0.116. The van der Waals surface area contributed by atoms with E-state index in [0.29, 0.717) is 0 Å². The molecule has 0 saturated carbocycles. The van der Waals surface area contributed by atoms with Crippen molar-refractivity contribution in [2.75, 3.05) is 18.9 Å². The molecule has 7 heteroatoms. The Hall–Kier alpha value is -2.11. The average Bonchev–Trinajstić information content (AvgIpc) is 2.56. The highest BCUT2D eigenvalue weighted by atomic mass is 35.5. The monoisotopic (exact) mass is 365 g/mol. The molecule has 1 heterocycles. The summed E-state index contributed by atoms with van der Waals surface area (Å²) in [6.07, 6.45) is 0.799. The summed E-state index contributed by atoms with van der Waals surface area (Å²) in [5.41, 5.74) is 1.79. The summed E-state index contributed by atoms with van der Waals surface area (Å²) in [6.45, 7) is 1.88. The Labute approximate surface area is 150 Å². The van der Waals surface area contributed by atoms with E-state index in [-0.39, 0.29) is 28.3 Å². The maximum atomic E-state index is 12.4. The molecule has 0 spiro atoms. The highest BCUT2D eigenvalue weighted by molar-refractivity contribution is 6.34. The van der Waals surface area contributed by atoms with Gasteiger partial charge >= 0.3 is 0 Å². The lowest BCUT2D eigenvalue weighted by atomic mass is 10.1. The topological polar surface area (TPSA) is 62.3 Å². The molecule has 2 aromatic rings. The quantitative estimate of drug-likeness (QED) is 0.822. The number of aromatic nitrogens is 1. The van der Waals surface area contributed by atoms with Gasteiger partial charge in [0, 0.05) is 12.7 Å². The Kier molecular flexibility index (Phi) is 6.17. The van der Waals surface area contributed by atoms with Gasteiger partial charge in [-0.2, -0.15) is 0 Å². The second-order valence-corrected chi connectivity index (χ2v) is 5.98. The van der Waals surface area contributed by atoms with Crippen LogP contribution in [-0.4, -0.2) is 35.3 Å². The fraction of sp³-hybridized carbons (Fsp3) is 0.235. The molecule has 1 aromatic carbocycles. The molecular formula is C17H17Cl2N3O2. The van der Waals surface area contributed by atoms with Gasteiger partial charge in [0.25, 0.3) is 5.91 Å². The second kappa shape index (κ2) is 8.13. The molecule has 0 aliphatic carbocycles. The SMILES string of the molecule is CCc1ccccc1NC(=O)CN(C)C(=O)c1nc(Cl)ccc1Cl. The molecule has 0 atom stereocenters. The number of rotatable bonds is 5. The maximum absolute atomic E-state index is 12.4. The number of amides is 2. The van der Waals surface area contributed by atoms with Gasteiger partial charge in [-0.05, 0) is 30.2 Å². The average molecular weight is 366 g/mol. The Bertz CT molecular complexity index is 765. The summed E-state index contributed by atoms with van der Waals surface area (Å²) in [7, 11) is 1.51. The number of benzene rings is 1. The molecule has 2 amide bonds. The van der Waals surface area contributed by atoms with Crippen LogP contribution in [0.15, 0.2) is 36.4 Å². The van der Waals surface area contributed by atoms with Gasteiger partial charge in [-0.15, -0.1) is 0 Å². The van der Waals surface area contributed by atoms with Crippen molar-refractivity contribution < 1.29 is 9.59 Å². The van der Waals surface area contributed by atoms with Gasteiger partial charge in [0.05, 0.1) is 11.6 Å². The molecule has 0 bridgehead atoms. The first-order chi connectivity index (χ1) is 11.4. The lowest BCUT2D eigenvalue weighted by Crippen LogP contribution is -2.35. The largest absolute Gasteiger partial charge is 0.331 e. The number of pyridine rings is 1. The van der Waals surface area contributed by atoms with Crippen molar-refractivity contribution in [1.29, 1.82) is 0 Å². The van der Waals surface area contributed by atoms with E-state index in [2.05, 4.69) is 10.3 Å². The number of carbonyl (C=O) groups excluding carboxylic acids is 2. The molecule has 1 aromatic heterocycles. The fourth-order valence-electron chi connectivity index (χ4n) is 2.18. The van der Waals surface area contributed by atoms with Crippen LogP contribution in [-0.2, 0) is 11.2 Å². The lowest BCUT2D eigenvalue weighted by Gasteiger charge is -2.17. The summed E-state index contributed by atoms with van der Waals surface area (Å²) < 4.78 is 0. The molecule has 0 saturated heterocycles. The first kappa shape index (κ1) is 18.2. The third-order valence-electron chi connectivity index (χ3n) is 3.41. The van der Waals surface area contributed by atoms with Crippen molar-refractivity contribution in [3.8, 4) is 0 Å². The predicted octanol–water partition coefficient (Wildman–Crippen LogP) is 3.66. The molecule has 0 aliphatic rings. The molecule has 0 unspecified atom stereocenters. The Morgan fingerprint density at radius 3 is 2.58 bits per heavy atom. The number of nitrogens with one attached hydrogen (secondary N) is 1. The molecule has 0 aliphatic heterocycles. The highest BCUT2D eigenvalue weighted by Gasteiger charge is 2.19. The maximum Gasteiger partial charge on any atom is 0.274 e. The number of carbonyl (C=O) groups is 2. The van der Waals surface area contributed by atoms with Crippen molar-refractivity contribution in [3.63, 3.8) is 0 Å². The summed E-state index contributed by atoms with van der Waals surface area (Å²) in [4.78, 5) is 29.7. The number of nitrogens with zero attached hydrogens (tertiary/aromatic N) is 2. The Morgan fingerprint density at radius 1 is 1.17 bits per heavy atom. The van der Waals surface area contributed by atoms with E-state index < -0.39 is 5.91 Å². The van der Waals surface area contributed by atoms with E-state index in [9.17, 15) is 9.59 Å². The predicted molar refractivity (Wildman–Crippen MR) is 95.7 cm³/mol. The van der Waals surface area contributed by atoms with Gasteiger partial charge in [-0.1, -0.05) is 48.3 Å². The number of para-hydroxylation sites is 1. The van der Waals surface area contributed by atoms with E-state index in [1.54, 1.807) is 0 Å². The molecule has 1 N–H and O–H groups in total. The normalized spacial score (nSPS) is 10.3. The second-order valence-electron chi connectivity index (χ2n) is 5.18. The minimum absolute atomic E-state index is 0.0217. The highest BCUT2D eigenvalue weighted by Crippen LogP contribution is 2.19. The van der Waals surface area contributed by atoms with Crippen molar-refractivity contribution >= 4 is 40.7 Å². The van der Waals surface area contributed by atoms with E-state index >= 15 is 0 Å². The molecule has 24 heavy (non-hydrogen) atoms. The molecule has 0 fully saturated rings. The molecule has 2 rings (SSSR count). The van der Waals surface area contributed by atoms with Gasteiger partial charge in [0.2, 0.25) is 5.91 Å². The van der Waals surface area contributed by atoms with Crippen LogP contribution in [0.5, 0.6) is 0 Å². The Morgan fingerprint density at radius 2 is 1.88 bits per heavy atom. The van der Waals surface area contributed by atoms with Crippen LogP contribution >= 0.6 is 23.2 Å². The smallest absolute Gasteiger partial charge is 0.274 e. The third-order valence-corrected chi connectivity index (χ3v) is 3.93. The summed E-state index contributed by atoms with van der Waals surface area (Å²) in [5, 5.41) is 3.16. The first-order valence-corrected chi connectivity index (χ1v) is 8.13. The van der Waals surface area contributed by atoms with E-state index in [4.69, 9.17) is 23.2 Å². The number of aryl methyl sites for hydroxylation is 1. The summed E-state index contributed by atoms with van der Waals surface area (Å²) in [5.74, 6) is -0.772. The number of hydrogen-bond acceptors (Lipinski definition) is 3. The van der Waals surface area contributed by atoms with Crippen LogP contribution < -0.4 is 5.32 Å². The van der Waals surface area contributed by atoms with Crippen LogP contribution in [0.4, 0.5) is 5.69 Å². The number of likely N-dealkylation sites (N-methyl/N-ethyl adjacent to an activating group) is 1. The van der Waals surface area contributed by atoms with Gasteiger partial charge < -0.3 is 10.2 Å². The van der Waals surface area contributed by atoms with E-state index in [1.807, 2.05) is 31.2 Å². The summed E-state index contributed by atoms with van der Waals surface area (Å²) in [6, 6.07) is 10.5.